The number of fused-ring (bicyclic) bond motifs is 2. The summed E-state index contributed by atoms with van der Waals surface area (Å²) in [6.07, 6.45) is 1.73. The number of aromatic nitrogens is 2. The summed E-state index contributed by atoms with van der Waals surface area (Å²) < 4.78 is 0. The number of nitrogens with two attached hydrogens (primary N) is 1. The summed E-state index contributed by atoms with van der Waals surface area (Å²) >= 11 is 0. The van der Waals surface area contributed by atoms with E-state index in [4.69, 9.17) is 5.73 Å². The van der Waals surface area contributed by atoms with Gasteiger partial charge in [0.25, 0.3) is 0 Å². The monoisotopic (exact) mass is 330 g/mol. The Labute approximate surface area is 144 Å². The van der Waals surface area contributed by atoms with E-state index in [1.807, 2.05) is 54.6 Å². The van der Waals surface area contributed by atoms with Crippen molar-refractivity contribution in [3.8, 4) is 0 Å². The zero-order valence-electron chi connectivity index (χ0n) is 13.6. The van der Waals surface area contributed by atoms with Crippen LogP contribution in [0, 0.1) is 0 Å². The Morgan fingerprint density at radius 1 is 1.04 bits per heavy atom. The van der Waals surface area contributed by atoms with Crippen LogP contribution < -0.4 is 11.1 Å². The highest BCUT2D eigenvalue weighted by molar-refractivity contribution is 5.98. The number of aromatic amines is 1. The number of hydrogen-bond acceptors (Lipinski definition) is 3. The lowest BCUT2D eigenvalue weighted by atomic mass is 9.95. The van der Waals surface area contributed by atoms with Gasteiger partial charge < -0.3 is 11.1 Å². The summed E-state index contributed by atoms with van der Waals surface area (Å²) in [7, 11) is 0. The quantitative estimate of drug-likeness (QED) is 0.536. The lowest BCUT2D eigenvalue weighted by molar-refractivity contribution is -0.117. The lowest BCUT2D eigenvalue weighted by Crippen LogP contribution is -2.27. The molecule has 1 unspecified atom stereocenters. The largest absolute Gasteiger partial charge is 0.329 e. The summed E-state index contributed by atoms with van der Waals surface area (Å²) in [5, 5.41) is 13.0. The molecule has 4 rings (SSSR count). The van der Waals surface area contributed by atoms with Gasteiger partial charge in [0.2, 0.25) is 5.91 Å². The smallest absolute Gasteiger partial charge is 0.233 e. The van der Waals surface area contributed by atoms with Gasteiger partial charge in [0.15, 0.2) is 0 Å². The van der Waals surface area contributed by atoms with Gasteiger partial charge in [-0.2, -0.15) is 5.10 Å². The molecule has 0 aliphatic rings. The molecule has 4 N–H and O–H groups in total. The maximum absolute atomic E-state index is 12.7. The van der Waals surface area contributed by atoms with E-state index in [9.17, 15) is 4.79 Å². The zero-order valence-corrected chi connectivity index (χ0v) is 13.6. The Morgan fingerprint density at radius 2 is 1.88 bits per heavy atom. The average Bonchev–Trinajstić information content (AvgIpc) is 3.10. The van der Waals surface area contributed by atoms with Crippen LogP contribution in [0.1, 0.15) is 11.5 Å². The Bertz CT molecular complexity index is 1050. The maximum atomic E-state index is 12.7. The van der Waals surface area contributed by atoms with Crippen LogP contribution in [0.15, 0.2) is 66.9 Å². The third-order valence-electron chi connectivity index (χ3n) is 4.44. The number of H-pyrrole nitrogens is 1. The summed E-state index contributed by atoms with van der Waals surface area (Å²) in [4.78, 5) is 12.7. The topological polar surface area (TPSA) is 83.8 Å². The van der Waals surface area contributed by atoms with E-state index < -0.39 is 5.92 Å². The van der Waals surface area contributed by atoms with Gasteiger partial charge in [-0.1, -0.05) is 42.5 Å². The van der Waals surface area contributed by atoms with Crippen LogP contribution in [0.3, 0.4) is 0 Å². The van der Waals surface area contributed by atoms with Gasteiger partial charge in [0.05, 0.1) is 17.6 Å². The van der Waals surface area contributed by atoms with Crippen LogP contribution in [0.5, 0.6) is 0 Å². The van der Waals surface area contributed by atoms with Crippen molar-refractivity contribution in [3.63, 3.8) is 0 Å². The fourth-order valence-corrected chi connectivity index (χ4v) is 3.07. The first-order chi connectivity index (χ1) is 12.2. The number of anilines is 1. The summed E-state index contributed by atoms with van der Waals surface area (Å²) in [5.41, 5.74) is 8.49. The van der Waals surface area contributed by atoms with E-state index in [1.54, 1.807) is 6.20 Å². The molecule has 25 heavy (non-hydrogen) atoms. The minimum atomic E-state index is -0.398. The van der Waals surface area contributed by atoms with E-state index in [0.717, 1.165) is 32.9 Å². The van der Waals surface area contributed by atoms with E-state index in [0.29, 0.717) is 0 Å². The van der Waals surface area contributed by atoms with Crippen molar-refractivity contribution in [2.45, 2.75) is 5.92 Å². The number of carbonyl (C=O) groups excluding carboxylic acids is 1. The number of carbonyl (C=O) groups is 1. The van der Waals surface area contributed by atoms with Crippen molar-refractivity contribution in [2.24, 2.45) is 5.73 Å². The average molecular weight is 330 g/mol. The van der Waals surface area contributed by atoms with Gasteiger partial charge in [0.1, 0.15) is 0 Å². The normalized spacial score (nSPS) is 12.4. The Kier molecular flexibility index (Phi) is 3.91. The first kappa shape index (κ1) is 15.4. The molecule has 0 aliphatic carbocycles. The number of benzene rings is 3. The number of rotatable bonds is 4. The lowest BCUT2D eigenvalue weighted by Gasteiger charge is -2.16. The first-order valence-corrected chi connectivity index (χ1v) is 8.17. The number of amides is 1. The van der Waals surface area contributed by atoms with Gasteiger partial charge in [0, 0.05) is 17.6 Å². The second-order valence-corrected chi connectivity index (χ2v) is 6.06. The SMILES string of the molecule is NCC(C(=O)Nc1ccc2[nH]ncc2c1)c1ccc2ccccc2c1. The molecule has 5 nitrogen and oxygen atoms in total. The molecular formula is C20H18N4O. The highest BCUT2D eigenvalue weighted by atomic mass is 16.1. The van der Waals surface area contributed by atoms with Crippen LogP contribution in [0.4, 0.5) is 5.69 Å². The van der Waals surface area contributed by atoms with E-state index in [-0.39, 0.29) is 12.5 Å². The molecule has 0 saturated heterocycles. The molecule has 0 aliphatic heterocycles. The number of nitrogens with zero attached hydrogens (tertiary/aromatic N) is 1. The second kappa shape index (κ2) is 6.37. The minimum Gasteiger partial charge on any atom is -0.329 e. The van der Waals surface area contributed by atoms with Crippen LogP contribution in [0.2, 0.25) is 0 Å². The van der Waals surface area contributed by atoms with Gasteiger partial charge in [-0.25, -0.2) is 0 Å². The van der Waals surface area contributed by atoms with Crippen molar-refractivity contribution in [2.75, 3.05) is 11.9 Å². The predicted molar refractivity (Wildman–Crippen MR) is 100 cm³/mol. The van der Waals surface area contributed by atoms with Crippen molar-refractivity contribution in [3.05, 3.63) is 72.4 Å². The van der Waals surface area contributed by atoms with Crippen LogP contribution in [0.25, 0.3) is 21.7 Å². The molecule has 1 atom stereocenters. The molecule has 0 saturated carbocycles. The van der Waals surface area contributed by atoms with E-state index >= 15 is 0 Å². The third kappa shape index (κ3) is 2.97. The molecule has 0 radical (unpaired) electrons. The highest BCUT2D eigenvalue weighted by Gasteiger charge is 2.19. The van der Waals surface area contributed by atoms with Gasteiger partial charge in [-0.15, -0.1) is 0 Å². The van der Waals surface area contributed by atoms with E-state index in [2.05, 4.69) is 21.6 Å². The summed E-state index contributed by atoms with van der Waals surface area (Å²) in [5.74, 6) is -0.509. The molecule has 0 bridgehead atoms. The molecule has 124 valence electrons. The van der Waals surface area contributed by atoms with Crippen molar-refractivity contribution < 1.29 is 4.79 Å². The van der Waals surface area contributed by atoms with E-state index in [1.165, 1.54) is 0 Å². The molecule has 0 spiro atoms. The predicted octanol–water partition coefficient (Wildman–Crippen LogP) is 3.40. The fourth-order valence-electron chi connectivity index (χ4n) is 3.07. The molecule has 1 aromatic heterocycles. The standard InChI is InChI=1S/C20H18N4O/c21-11-18(15-6-5-13-3-1-2-4-14(13)9-15)20(25)23-17-7-8-19-16(10-17)12-22-24-19/h1-10,12,18H,11,21H2,(H,22,24)(H,23,25). The Balaban J connectivity index is 1.61. The molecule has 0 fully saturated rings. The number of hydrogen-bond donors (Lipinski definition) is 3. The van der Waals surface area contributed by atoms with Crippen molar-refractivity contribution in [1.82, 2.24) is 10.2 Å². The third-order valence-corrected chi connectivity index (χ3v) is 4.44. The van der Waals surface area contributed by atoms with Crippen molar-refractivity contribution in [1.29, 1.82) is 0 Å². The van der Waals surface area contributed by atoms with Gasteiger partial charge in [-0.05, 0) is 34.5 Å². The van der Waals surface area contributed by atoms with Crippen molar-refractivity contribution >= 4 is 33.3 Å². The second-order valence-electron chi connectivity index (χ2n) is 6.06. The summed E-state index contributed by atoms with van der Waals surface area (Å²) in [6.45, 7) is 0.248. The van der Waals surface area contributed by atoms with Gasteiger partial charge in [-0.3, -0.25) is 9.89 Å². The minimum absolute atomic E-state index is 0.111. The maximum Gasteiger partial charge on any atom is 0.233 e. The Hall–Kier alpha value is -3.18. The Morgan fingerprint density at radius 3 is 2.72 bits per heavy atom. The van der Waals surface area contributed by atoms with Crippen LogP contribution in [-0.2, 0) is 4.79 Å². The molecule has 4 aromatic rings. The molecule has 5 heteroatoms. The molecule has 1 amide bonds. The van der Waals surface area contributed by atoms with Crippen LogP contribution in [-0.4, -0.2) is 22.6 Å². The molecule has 3 aromatic carbocycles. The highest BCUT2D eigenvalue weighted by Crippen LogP contribution is 2.24. The zero-order chi connectivity index (χ0) is 17.2. The molecule has 1 heterocycles. The number of nitrogens with one attached hydrogen (secondary N) is 2. The first-order valence-electron chi connectivity index (χ1n) is 8.17. The summed E-state index contributed by atoms with van der Waals surface area (Å²) in [6, 6.07) is 19.8. The van der Waals surface area contributed by atoms with Crippen LogP contribution >= 0.6 is 0 Å². The van der Waals surface area contributed by atoms with Gasteiger partial charge >= 0.3 is 0 Å². The fraction of sp³-hybridized carbons (Fsp3) is 0.100. The molecular weight excluding hydrogens is 312 g/mol.